The zero-order valence-electron chi connectivity index (χ0n) is 13.3. The normalized spacial score (nSPS) is 25.1. The highest BCUT2D eigenvalue weighted by Gasteiger charge is 2.38. The molecule has 2 fully saturated rings. The Labute approximate surface area is 138 Å². The molecule has 0 radical (unpaired) electrons. The summed E-state index contributed by atoms with van der Waals surface area (Å²) in [5.74, 6) is -0.248. The van der Waals surface area contributed by atoms with Gasteiger partial charge in [-0.2, -0.15) is 0 Å². The second kappa shape index (κ2) is 6.63. The van der Waals surface area contributed by atoms with Gasteiger partial charge < -0.3 is 14.4 Å². The minimum absolute atomic E-state index is 0.0181. The predicted molar refractivity (Wildman–Crippen MR) is 80.3 cm³/mol. The molecule has 1 amide bonds. The van der Waals surface area contributed by atoms with Crippen LogP contribution in [0.5, 0.6) is 5.75 Å². The Kier molecular flexibility index (Phi) is 4.71. The summed E-state index contributed by atoms with van der Waals surface area (Å²) in [6, 6.07) is 5.78. The Morgan fingerprint density at radius 3 is 2.79 bits per heavy atom. The van der Waals surface area contributed by atoms with Crippen molar-refractivity contribution in [2.75, 3.05) is 13.2 Å². The van der Waals surface area contributed by atoms with Crippen LogP contribution in [0.1, 0.15) is 37.7 Å². The third kappa shape index (κ3) is 4.20. The second-order valence-corrected chi connectivity index (χ2v) is 6.40. The van der Waals surface area contributed by atoms with E-state index < -0.39 is 6.36 Å². The molecule has 1 atom stereocenters. The van der Waals surface area contributed by atoms with Crippen molar-refractivity contribution in [1.82, 2.24) is 4.90 Å². The van der Waals surface area contributed by atoms with Gasteiger partial charge in [0.1, 0.15) is 5.75 Å². The molecule has 4 nitrogen and oxygen atoms in total. The van der Waals surface area contributed by atoms with Crippen LogP contribution < -0.4 is 4.74 Å². The Morgan fingerprint density at radius 2 is 2.08 bits per heavy atom. The zero-order chi connectivity index (χ0) is 17.2. The van der Waals surface area contributed by atoms with E-state index in [1.165, 1.54) is 18.2 Å². The quantitative estimate of drug-likeness (QED) is 0.841. The Morgan fingerprint density at radius 1 is 1.25 bits per heavy atom. The van der Waals surface area contributed by atoms with E-state index in [1.807, 2.05) is 0 Å². The molecule has 1 spiro atoms. The first-order valence-electron chi connectivity index (χ1n) is 8.12. The Balaban J connectivity index is 1.66. The highest BCUT2D eigenvalue weighted by Crippen LogP contribution is 2.36. The lowest BCUT2D eigenvalue weighted by atomic mass is 9.92. The van der Waals surface area contributed by atoms with Gasteiger partial charge in [-0.25, -0.2) is 0 Å². The van der Waals surface area contributed by atoms with Gasteiger partial charge in [0.25, 0.3) is 0 Å². The molecule has 0 N–H and O–H groups in total. The lowest BCUT2D eigenvalue weighted by Crippen LogP contribution is -2.32. The Hall–Kier alpha value is -1.76. The summed E-state index contributed by atoms with van der Waals surface area (Å²) in [6.45, 7) is 1.58. The molecule has 0 bridgehead atoms. The molecule has 1 unspecified atom stereocenters. The lowest BCUT2D eigenvalue weighted by Gasteiger charge is -2.26. The first kappa shape index (κ1) is 17.1. The SMILES string of the molecule is O=C1CCC2(CCCO2)CCN1Cc1cccc(OC(F)(F)F)c1. The first-order valence-corrected chi connectivity index (χ1v) is 8.12. The van der Waals surface area contributed by atoms with Crippen LogP contribution in [0.25, 0.3) is 0 Å². The van der Waals surface area contributed by atoms with Crippen molar-refractivity contribution in [3.05, 3.63) is 29.8 Å². The summed E-state index contributed by atoms with van der Waals surface area (Å²) in [4.78, 5) is 14.0. The van der Waals surface area contributed by atoms with Gasteiger partial charge in [0.2, 0.25) is 5.91 Å². The van der Waals surface area contributed by atoms with Gasteiger partial charge in [-0.15, -0.1) is 13.2 Å². The molecule has 132 valence electrons. The molecule has 0 saturated carbocycles. The van der Waals surface area contributed by atoms with Gasteiger partial charge >= 0.3 is 6.36 Å². The summed E-state index contributed by atoms with van der Waals surface area (Å²) < 4.78 is 46.7. The van der Waals surface area contributed by atoms with Crippen LogP contribution in [-0.4, -0.2) is 35.9 Å². The third-order valence-electron chi connectivity index (χ3n) is 4.67. The third-order valence-corrected chi connectivity index (χ3v) is 4.67. The maximum absolute atomic E-state index is 12.3. The number of rotatable bonds is 3. The van der Waals surface area contributed by atoms with Gasteiger partial charge in [-0.1, -0.05) is 12.1 Å². The van der Waals surface area contributed by atoms with Crippen molar-refractivity contribution in [2.45, 2.75) is 50.6 Å². The van der Waals surface area contributed by atoms with Crippen molar-refractivity contribution < 1.29 is 27.4 Å². The van der Waals surface area contributed by atoms with Gasteiger partial charge in [-0.05, 0) is 43.4 Å². The number of halogens is 3. The van der Waals surface area contributed by atoms with Gasteiger partial charge in [0, 0.05) is 26.1 Å². The van der Waals surface area contributed by atoms with Crippen LogP contribution in [0.3, 0.4) is 0 Å². The molecular formula is C17H20F3NO3. The van der Waals surface area contributed by atoms with E-state index in [0.29, 0.717) is 18.5 Å². The molecule has 2 saturated heterocycles. The van der Waals surface area contributed by atoms with E-state index in [0.717, 1.165) is 32.3 Å². The number of carbonyl (C=O) groups is 1. The summed E-state index contributed by atoms with van der Waals surface area (Å²) in [6.07, 6.45) is -0.812. The zero-order valence-corrected chi connectivity index (χ0v) is 13.3. The molecule has 1 aromatic carbocycles. The van der Waals surface area contributed by atoms with Crippen LogP contribution in [-0.2, 0) is 16.1 Å². The molecule has 2 aliphatic rings. The number of hydrogen-bond donors (Lipinski definition) is 0. The van der Waals surface area contributed by atoms with Crippen molar-refractivity contribution in [2.24, 2.45) is 0 Å². The lowest BCUT2D eigenvalue weighted by molar-refractivity contribution is -0.274. The van der Waals surface area contributed by atoms with Crippen molar-refractivity contribution >= 4 is 5.91 Å². The average Bonchev–Trinajstić information content (AvgIpc) is 2.91. The molecule has 0 aliphatic carbocycles. The van der Waals surface area contributed by atoms with Crippen LogP contribution in [0, 0.1) is 0 Å². The highest BCUT2D eigenvalue weighted by atomic mass is 19.4. The maximum Gasteiger partial charge on any atom is 0.573 e. The minimum atomic E-state index is -4.72. The average molecular weight is 343 g/mol. The van der Waals surface area contributed by atoms with Crippen molar-refractivity contribution in [3.63, 3.8) is 0 Å². The molecule has 24 heavy (non-hydrogen) atoms. The molecule has 0 aromatic heterocycles. The monoisotopic (exact) mass is 343 g/mol. The molecular weight excluding hydrogens is 323 g/mol. The summed E-state index contributed by atoms with van der Waals surface area (Å²) in [5.41, 5.74) is 0.430. The van der Waals surface area contributed by atoms with Crippen LogP contribution in [0.2, 0.25) is 0 Å². The Bertz CT molecular complexity index is 597. The fourth-order valence-electron chi connectivity index (χ4n) is 3.46. The number of nitrogens with zero attached hydrogens (tertiary/aromatic N) is 1. The first-order chi connectivity index (χ1) is 11.4. The van der Waals surface area contributed by atoms with Crippen molar-refractivity contribution in [3.8, 4) is 5.75 Å². The molecule has 3 rings (SSSR count). The van der Waals surface area contributed by atoms with E-state index >= 15 is 0 Å². The number of amides is 1. The smallest absolute Gasteiger partial charge is 0.406 e. The predicted octanol–water partition coefficient (Wildman–Crippen LogP) is 3.65. The van der Waals surface area contributed by atoms with Crippen LogP contribution >= 0.6 is 0 Å². The number of ether oxygens (including phenoxy) is 2. The maximum atomic E-state index is 12.3. The summed E-state index contributed by atoms with van der Waals surface area (Å²) >= 11 is 0. The van der Waals surface area contributed by atoms with Crippen LogP contribution in [0.15, 0.2) is 24.3 Å². The summed E-state index contributed by atoms with van der Waals surface area (Å²) in [5, 5.41) is 0. The molecule has 1 aromatic rings. The summed E-state index contributed by atoms with van der Waals surface area (Å²) in [7, 11) is 0. The number of carbonyl (C=O) groups excluding carboxylic acids is 1. The number of alkyl halides is 3. The highest BCUT2D eigenvalue weighted by molar-refractivity contribution is 5.76. The molecule has 2 aliphatic heterocycles. The fraction of sp³-hybridized carbons (Fsp3) is 0.588. The topological polar surface area (TPSA) is 38.8 Å². The van der Waals surface area contributed by atoms with E-state index in [-0.39, 0.29) is 23.8 Å². The van der Waals surface area contributed by atoms with E-state index in [2.05, 4.69) is 4.74 Å². The minimum Gasteiger partial charge on any atom is -0.406 e. The molecule has 2 heterocycles. The number of benzene rings is 1. The number of likely N-dealkylation sites (tertiary alicyclic amines) is 1. The van der Waals surface area contributed by atoms with Gasteiger partial charge in [0.15, 0.2) is 0 Å². The fourth-order valence-corrected chi connectivity index (χ4v) is 3.46. The van der Waals surface area contributed by atoms with Crippen LogP contribution in [0.4, 0.5) is 13.2 Å². The van der Waals surface area contributed by atoms with Gasteiger partial charge in [-0.3, -0.25) is 4.79 Å². The van der Waals surface area contributed by atoms with E-state index in [9.17, 15) is 18.0 Å². The van der Waals surface area contributed by atoms with E-state index in [4.69, 9.17) is 4.74 Å². The van der Waals surface area contributed by atoms with E-state index in [1.54, 1.807) is 11.0 Å². The molecule has 7 heteroatoms. The number of hydrogen-bond acceptors (Lipinski definition) is 3. The largest absolute Gasteiger partial charge is 0.573 e. The standard InChI is InChI=1S/C17H20F3NO3/c18-17(19,20)24-14-4-1-3-13(11-14)12-21-9-8-16(6-2-10-23-16)7-5-15(21)22/h1,3-4,11H,2,5-10,12H2. The van der Waals surface area contributed by atoms with Gasteiger partial charge in [0.05, 0.1) is 5.60 Å². The second-order valence-electron chi connectivity index (χ2n) is 6.40. The van der Waals surface area contributed by atoms with Crippen molar-refractivity contribution in [1.29, 1.82) is 0 Å².